The average Bonchev–Trinajstić information content (AvgIpc) is 2.89. The molecule has 3 saturated heterocycles. The van der Waals surface area contributed by atoms with Gasteiger partial charge < -0.3 is 15.4 Å². The highest BCUT2D eigenvalue weighted by Crippen LogP contribution is 2.27. The van der Waals surface area contributed by atoms with Crippen molar-refractivity contribution in [3.05, 3.63) is 0 Å². The first-order valence-electron chi connectivity index (χ1n) is 6.96. The van der Waals surface area contributed by atoms with Crippen LogP contribution in [0, 0.1) is 0 Å². The summed E-state index contributed by atoms with van der Waals surface area (Å²) in [5.41, 5.74) is 0. The molecule has 1 amide bonds. The van der Waals surface area contributed by atoms with Gasteiger partial charge >= 0.3 is 0 Å². The summed E-state index contributed by atoms with van der Waals surface area (Å²) in [6, 6.07) is 1.67. The molecular weight excluding hydrogens is 252 g/mol. The molecule has 3 aliphatic heterocycles. The van der Waals surface area contributed by atoms with Gasteiger partial charge in [-0.2, -0.15) is 0 Å². The number of rotatable bonds is 3. The van der Waals surface area contributed by atoms with Crippen molar-refractivity contribution in [2.24, 2.45) is 0 Å². The van der Waals surface area contributed by atoms with Crippen LogP contribution in [0.1, 0.15) is 44.9 Å². The Kier molecular flexibility index (Phi) is 4.87. The van der Waals surface area contributed by atoms with E-state index in [0.29, 0.717) is 24.5 Å². The van der Waals surface area contributed by atoms with Crippen molar-refractivity contribution >= 4 is 18.3 Å². The second-order valence-corrected chi connectivity index (χ2v) is 5.71. The highest BCUT2D eigenvalue weighted by molar-refractivity contribution is 5.85. The lowest BCUT2D eigenvalue weighted by molar-refractivity contribution is -0.124. The monoisotopic (exact) mass is 274 g/mol. The molecule has 3 heterocycles. The van der Waals surface area contributed by atoms with Crippen LogP contribution in [0.5, 0.6) is 0 Å². The van der Waals surface area contributed by atoms with E-state index in [0.717, 1.165) is 32.3 Å². The van der Waals surface area contributed by atoms with Gasteiger partial charge in [0.25, 0.3) is 0 Å². The van der Waals surface area contributed by atoms with Crippen molar-refractivity contribution in [3.63, 3.8) is 0 Å². The minimum atomic E-state index is 0. The van der Waals surface area contributed by atoms with Gasteiger partial charge in [-0.25, -0.2) is 0 Å². The van der Waals surface area contributed by atoms with Gasteiger partial charge in [-0.05, 0) is 38.5 Å². The molecule has 3 unspecified atom stereocenters. The Morgan fingerprint density at radius 1 is 1.22 bits per heavy atom. The van der Waals surface area contributed by atoms with Crippen LogP contribution in [0.25, 0.3) is 0 Å². The number of halogens is 1. The number of amides is 1. The van der Waals surface area contributed by atoms with Crippen LogP contribution in [0.2, 0.25) is 0 Å². The third-order valence-corrected chi connectivity index (χ3v) is 4.28. The molecule has 3 aliphatic rings. The molecule has 0 aromatic heterocycles. The first kappa shape index (κ1) is 14.1. The van der Waals surface area contributed by atoms with Crippen molar-refractivity contribution in [3.8, 4) is 0 Å². The first-order valence-corrected chi connectivity index (χ1v) is 6.96. The van der Waals surface area contributed by atoms with Crippen molar-refractivity contribution in [1.82, 2.24) is 10.6 Å². The van der Waals surface area contributed by atoms with Gasteiger partial charge in [0.05, 0.1) is 12.5 Å². The van der Waals surface area contributed by atoms with Crippen molar-refractivity contribution in [1.29, 1.82) is 0 Å². The van der Waals surface area contributed by atoms with E-state index in [9.17, 15) is 4.79 Å². The maximum Gasteiger partial charge on any atom is 0.222 e. The number of carbonyl (C=O) groups excluding carboxylic acids is 1. The zero-order valence-corrected chi connectivity index (χ0v) is 11.5. The highest BCUT2D eigenvalue weighted by Gasteiger charge is 2.34. The highest BCUT2D eigenvalue weighted by atomic mass is 35.5. The molecule has 4 nitrogen and oxygen atoms in total. The Labute approximate surface area is 115 Å². The molecule has 104 valence electrons. The standard InChI is InChI=1S/C13H22N2O2.ClH/c16-13(8-12-2-1-5-17-12)15-11-6-9-3-4-10(7-11)14-9;/h9-12,14H,1-8H2,(H,15,16);1H. The molecule has 0 aliphatic carbocycles. The number of ether oxygens (including phenoxy) is 1. The Balaban J connectivity index is 0.00000120. The molecule has 3 atom stereocenters. The van der Waals surface area contributed by atoms with Gasteiger partial charge in [-0.1, -0.05) is 0 Å². The van der Waals surface area contributed by atoms with Gasteiger partial charge in [-0.15, -0.1) is 12.4 Å². The van der Waals surface area contributed by atoms with E-state index in [1.165, 1.54) is 12.8 Å². The molecule has 3 fully saturated rings. The molecule has 0 spiro atoms. The molecule has 2 bridgehead atoms. The van der Waals surface area contributed by atoms with Gasteiger partial charge in [0.2, 0.25) is 5.91 Å². The topological polar surface area (TPSA) is 50.4 Å². The maximum atomic E-state index is 11.9. The zero-order chi connectivity index (χ0) is 11.7. The number of hydrogen-bond acceptors (Lipinski definition) is 3. The first-order chi connectivity index (χ1) is 8.29. The minimum absolute atomic E-state index is 0. The van der Waals surface area contributed by atoms with Crippen LogP contribution >= 0.6 is 12.4 Å². The molecule has 0 saturated carbocycles. The van der Waals surface area contributed by atoms with Crippen molar-refractivity contribution in [2.45, 2.75) is 69.2 Å². The Hall–Kier alpha value is -0.320. The average molecular weight is 275 g/mol. The summed E-state index contributed by atoms with van der Waals surface area (Å²) in [6.07, 6.45) is 7.65. The molecule has 0 radical (unpaired) electrons. The fourth-order valence-electron chi connectivity index (χ4n) is 3.47. The van der Waals surface area contributed by atoms with E-state index >= 15 is 0 Å². The minimum Gasteiger partial charge on any atom is -0.378 e. The smallest absolute Gasteiger partial charge is 0.222 e. The Morgan fingerprint density at radius 3 is 2.56 bits per heavy atom. The molecular formula is C13H23ClN2O2. The second-order valence-electron chi connectivity index (χ2n) is 5.71. The zero-order valence-electron chi connectivity index (χ0n) is 10.7. The third-order valence-electron chi connectivity index (χ3n) is 4.28. The third kappa shape index (κ3) is 3.37. The van der Waals surface area contributed by atoms with Gasteiger partial charge in [0.1, 0.15) is 0 Å². The van der Waals surface area contributed by atoms with E-state index < -0.39 is 0 Å². The molecule has 18 heavy (non-hydrogen) atoms. The summed E-state index contributed by atoms with van der Waals surface area (Å²) in [7, 11) is 0. The van der Waals surface area contributed by atoms with Gasteiger partial charge in [0, 0.05) is 24.7 Å². The van der Waals surface area contributed by atoms with Crippen LogP contribution in [0.4, 0.5) is 0 Å². The molecule has 3 rings (SSSR count). The van der Waals surface area contributed by atoms with Gasteiger partial charge in [0.15, 0.2) is 0 Å². The summed E-state index contributed by atoms with van der Waals surface area (Å²) in [5, 5.41) is 6.78. The van der Waals surface area contributed by atoms with E-state index in [4.69, 9.17) is 4.74 Å². The number of fused-ring (bicyclic) bond motifs is 2. The van der Waals surface area contributed by atoms with Crippen molar-refractivity contribution in [2.75, 3.05) is 6.61 Å². The van der Waals surface area contributed by atoms with Crippen LogP contribution in [0.15, 0.2) is 0 Å². The lowest BCUT2D eigenvalue weighted by Gasteiger charge is -2.29. The van der Waals surface area contributed by atoms with E-state index in [2.05, 4.69) is 10.6 Å². The molecule has 2 N–H and O–H groups in total. The number of carbonyl (C=O) groups is 1. The normalized spacial score (nSPS) is 38.2. The molecule has 0 aromatic rings. The van der Waals surface area contributed by atoms with Crippen LogP contribution < -0.4 is 10.6 Å². The van der Waals surface area contributed by atoms with Crippen LogP contribution in [-0.4, -0.2) is 36.7 Å². The summed E-state index contributed by atoms with van der Waals surface area (Å²) < 4.78 is 5.49. The largest absolute Gasteiger partial charge is 0.378 e. The lowest BCUT2D eigenvalue weighted by atomic mass is 9.99. The predicted octanol–water partition coefficient (Wildman–Crippen LogP) is 1.38. The second kappa shape index (κ2) is 6.22. The van der Waals surface area contributed by atoms with E-state index in [-0.39, 0.29) is 24.4 Å². The fraction of sp³-hybridized carbons (Fsp3) is 0.923. The number of piperidine rings is 1. The molecule has 0 aromatic carbocycles. The summed E-state index contributed by atoms with van der Waals surface area (Å²) in [5.74, 6) is 0.184. The van der Waals surface area contributed by atoms with E-state index in [1.54, 1.807) is 0 Å². The molecule has 5 heteroatoms. The van der Waals surface area contributed by atoms with Crippen LogP contribution in [0.3, 0.4) is 0 Å². The number of hydrogen-bond donors (Lipinski definition) is 2. The lowest BCUT2D eigenvalue weighted by Crippen LogP contribution is -2.48. The maximum absolute atomic E-state index is 11.9. The quantitative estimate of drug-likeness (QED) is 0.817. The van der Waals surface area contributed by atoms with Crippen LogP contribution in [-0.2, 0) is 9.53 Å². The summed E-state index contributed by atoms with van der Waals surface area (Å²) >= 11 is 0. The Morgan fingerprint density at radius 2 is 1.94 bits per heavy atom. The predicted molar refractivity (Wildman–Crippen MR) is 71.9 cm³/mol. The number of nitrogens with one attached hydrogen (secondary N) is 2. The Bertz CT molecular complexity index is 283. The van der Waals surface area contributed by atoms with Gasteiger partial charge in [-0.3, -0.25) is 4.79 Å². The van der Waals surface area contributed by atoms with E-state index in [1.807, 2.05) is 0 Å². The SMILES string of the molecule is Cl.O=C(CC1CCCO1)NC1CC2CCC(C1)N2. The van der Waals surface area contributed by atoms with Crippen molar-refractivity contribution < 1.29 is 9.53 Å². The summed E-state index contributed by atoms with van der Waals surface area (Å²) in [6.45, 7) is 0.829. The fourth-order valence-corrected chi connectivity index (χ4v) is 3.47. The summed E-state index contributed by atoms with van der Waals surface area (Å²) in [4.78, 5) is 11.9.